The molecule has 0 saturated carbocycles. The summed E-state index contributed by atoms with van der Waals surface area (Å²) in [6, 6.07) is 0.0941. The molecule has 2 rings (SSSR count). The maximum absolute atomic E-state index is 11.8. The van der Waals surface area contributed by atoms with Gasteiger partial charge in [-0.25, -0.2) is 0 Å². The number of rotatable bonds is 4. The lowest BCUT2D eigenvalue weighted by atomic mass is 10.0. The zero-order valence-electron chi connectivity index (χ0n) is 11.3. The molecule has 5 heteroatoms. The molecule has 1 N–H and O–H groups in total. The van der Waals surface area contributed by atoms with E-state index >= 15 is 0 Å². The second-order valence-corrected chi connectivity index (χ2v) is 5.33. The Morgan fingerprint density at radius 1 is 1.28 bits per heavy atom. The van der Waals surface area contributed by atoms with Gasteiger partial charge in [-0.3, -0.25) is 14.5 Å². The molecule has 0 aliphatic carbocycles. The Morgan fingerprint density at radius 2 is 1.94 bits per heavy atom. The van der Waals surface area contributed by atoms with Crippen molar-refractivity contribution < 1.29 is 9.59 Å². The average Bonchev–Trinajstić information content (AvgIpc) is 2.60. The summed E-state index contributed by atoms with van der Waals surface area (Å²) >= 11 is 0. The molecule has 2 saturated heterocycles. The van der Waals surface area contributed by atoms with Crippen LogP contribution in [0.1, 0.15) is 32.6 Å². The molecule has 18 heavy (non-hydrogen) atoms. The molecule has 0 aromatic carbocycles. The van der Waals surface area contributed by atoms with Gasteiger partial charge in [-0.1, -0.05) is 6.92 Å². The molecule has 5 nitrogen and oxygen atoms in total. The Morgan fingerprint density at radius 3 is 2.44 bits per heavy atom. The molecular formula is C13H23N3O2. The van der Waals surface area contributed by atoms with E-state index in [1.165, 1.54) is 11.3 Å². The van der Waals surface area contributed by atoms with Gasteiger partial charge in [-0.15, -0.1) is 0 Å². The molecule has 2 aliphatic rings. The maximum atomic E-state index is 11.8. The fraction of sp³-hybridized carbons (Fsp3) is 0.846. The highest BCUT2D eigenvalue weighted by molar-refractivity contribution is 6.05. The van der Waals surface area contributed by atoms with Gasteiger partial charge in [0.2, 0.25) is 11.8 Å². The Balaban J connectivity index is 1.78. The number of piperidine rings is 1. The molecule has 102 valence electrons. The second kappa shape index (κ2) is 5.80. The number of hydrogen-bond donors (Lipinski definition) is 1. The summed E-state index contributed by atoms with van der Waals surface area (Å²) in [5.74, 6) is -0.142. The van der Waals surface area contributed by atoms with Crippen molar-refractivity contribution in [1.29, 1.82) is 0 Å². The monoisotopic (exact) mass is 253 g/mol. The van der Waals surface area contributed by atoms with Gasteiger partial charge < -0.3 is 10.2 Å². The third-order valence-electron chi connectivity index (χ3n) is 3.95. The maximum Gasteiger partial charge on any atom is 0.246 e. The van der Waals surface area contributed by atoms with Crippen LogP contribution in [0.4, 0.5) is 0 Å². The predicted octanol–water partition coefficient (Wildman–Crippen LogP) is 0.208. The van der Waals surface area contributed by atoms with Gasteiger partial charge in [0.15, 0.2) is 0 Å². The van der Waals surface area contributed by atoms with Crippen molar-refractivity contribution in [3.63, 3.8) is 0 Å². The molecule has 2 fully saturated rings. The number of nitrogens with one attached hydrogen (secondary N) is 1. The Kier molecular flexibility index (Phi) is 4.35. The predicted molar refractivity (Wildman–Crippen MR) is 69.1 cm³/mol. The van der Waals surface area contributed by atoms with Crippen molar-refractivity contribution in [3.05, 3.63) is 0 Å². The molecule has 2 heterocycles. The summed E-state index contributed by atoms with van der Waals surface area (Å²) in [4.78, 5) is 26.9. The molecular weight excluding hydrogens is 230 g/mol. The van der Waals surface area contributed by atoms with E-state index in [-0.39, 0.29) is 17.9 Å². The van der Waals surface area contributed by atoms with Crippen molar-refractivity contribution in [3.8, 4) is 0 Å². The topological polar surface area (TPSA) is 52.7 Å². The first-order chi connectivity index (χ1) is 8.61. The molecule has 2 amide bonds. The smallest absolute Gasteiger partial charge is 0.246 e. The summed E-state index contributed by atoms with van der Waals surface area (Å²) in [6.45, 7) is 5.55. The van der Waals surface area contributed by atoms with Gasteiger partial charge >= 0.3 is 0 Å². The lowest BCUT2D eigenvalue weighted by Crippen LogP contribution is -2.48. The SMILES string of the molecule is CCCN1CCC(NC2CC(=O)N(C)C2=O)CC1. The molecule has 1 atom stereocenters. The summed E-state index contributed by atoms with van der Waals surface area (Å²) in [5.41, 5.74) is 0. The van der Waals surface area contributed by atoms with Crippen LogP contribution in [-0.2, 0) is 9.59 Å². The van der Waals surface area contributed by atoms with E-state index in [2.05, 4.69) is 17.1 Å². The minimum absolute atomic E-state index is 0.0686. The van der Waals surface area contributed by atoms with Gasteiger partial charge in [0.05, 0.1) is 12.5 Å². The van der Waals surface area contributed by atoms with Crippen LogP contribution in [0.2, 0.25) is 0 Å². The summed E-state index contributed by atoms with van der Waals surface area (Å²) in [6.07, 6.45) is 3.66. The first-order valence-corrected chi connectivity index (χ1v) is 6.90. The van der Waals surface area contributed by atoms with E-state index in [0.29, 0.717) is 12.5 Å². The zero-order valence-corrected chi connectivity index (χ0v) is 11.3. The third-order valence-corrected chi connectivity index (χ3v) is 3.95. The van der Waals surface area contributed by atoms with Gasteiger partial charge in [0, 0.05) is 13.1 Å². The highest BCUT2D eigenvalue weighted by atomic mass is 16.2. The van der Waals surface area contributed by atoms with Crippen molar-refractivity contribution in [2.45, 2.75) is 44.7 Å². The number of imide groups is 1. The van der Waals surface area contributed by atoms with Gasteiger partial charge in [0.25, 0.3) is 0 Å². The Bertz CT molecular complexity index is 324. The fourth-order valence-corrected chi connectivity index (χ4v) is 2.81. The van der Waals surface area contributed by atoms with Crippen LogP contribution in [-0.4, -0.2) is 60.4 Å². The van der Waals surface area contributed by atoms with Gasteiger partial charge in [-0.2, -0.15) is 0 Å². The van der Waals surface area contributed by atoms with Crippen molar-refractivity contribution in [1.82, 2.24) is 15.1 Å². The fourth-order valence-electron chi connectivity index (χ4n) is 2.81. The molecule has 2 aliphatic heterocycles. The lowest BCUT2D eigenvalue weighted by Gasteiger charge is -2.33. The van der Waals surface area contributed by atoms with Crippen LogP contribution < -0.4 is 5.32 Å². The first-order valence-electron chi connectivity index (χ1n) is 6.90. The molecule has 0 aromatic rings. The summed E-state index contributed by atoms with van der Waals surface area (Å²) in [7, 11) is 1.57. The van der Waals surface area contributed by atoms with E-state index < -0.39 is 0 Å². The number of likely N-dealkylation sites (tertiary alicyclic amines) is 2. The van der Waals surface area contributed by atoms with E-state index in [9.17, 15) is 9.59 Å². The molecule has 0 bridgehead atoms. The first kappa shape index (κ1) is 13.5. The van der Waals surface area contributed by atoms with E-state index in [4.69, 9.17) is 0 Å². The number of carbonyl (C=O) groups is 2. The van der Waals surface area contributed by atoms with Crippen molar-refractivity contribution >= 4 is 11.8 Å². The highest BCUT2D eigenvalue weighted by Gasteiger charge is 2.37. The van der Waals surface area contributed by atoms with Crippen LogP contribution >= 0.6 is 0 Å². The van der Waals surface area contributed by atoms with E-state index in [1.54, 1.807) is 7.05 Å². The highest BCUT2D eigenvalue weighted by Crippen LogP contribution is 2.16. The minimum atomic E-state index is -0.287. The molecule has 1 unspecified atom stereocenters. The lowest BCUT2D eigenvalue weighted by molar-refractivity contribution is -0.137. The Labute approximate surface area is 108 Å². The second-order valence-electron chi connectivity index (χ2n) is 5.33. The quantitative estimate of drug-likeness (QED) is 0.728. The average molecular weight is 253 g/mol. The largest absolute Gasteiger partial charge is 0.303 e. The van der Waals surface area contributed by atoms with Crippen LogP contribution in [0.15, 0.2) is 0 Å². The van der Waals surface area contributed by atoms with Crippen LogP contribution in [0, 0.1) is 0 Å². The van der Waals surface area contributed by atoms with Crippen LogP contribution in [0.25, 0.3) is 0 Å². The number of nitrogens with zero attached hydrogens (tertiary/aromatic N) is 2. The van der Waals surface area contributed by atoms with Gasteiger partial charge in [-0.05, 0) is 38.9 Å². The molecule has 0 aromatic heterocycles. The number of amides is 2. The Hall–Kier alpha value is -0.940. The standard InChI is InChI=1S/C13H23N3O2/c1-3-6-16-7-4-10(5-8-16)14-11-9-12(17)15(2)13(11)18/h10-11,14H,3-9H2,1-2H3. The summed E-state index contributed by atoms with van der Waals surface area (Å²) in [5, 5.41) is 3.35. The van der Waals surface area contributed by atoms with Crippen LogP contribution in [0.5, 0.6) is 0 Å². The van der Waals surface area contributed by atoms with E-state index in [0.717, 1.165) is 32.5 Å². The van der Waals surface area contributed by atoms with Gasteiger partial charge in [0.1, 0.15) is 0 Å². The molecule has 0 spiro atoms. The summed E-state index contributed by atoms with van der Waals surface area (Å²) < 4.78 is 0. The van der Waals surface area contributed by atoms with Crippen molar-refractivity contribution in [2.75, 3.05) is 26.7 Å². The number of carbonyl (C=O) groups excluding carboxylic acids is 2. The number of likely N-dealkylation sites (N-methyl/N-ethyl adjacent to an activating group) is 1. The zero-order chi connectivity index (χ0) is 13.1. The van der Waals surface area contributed by atoms with Crippen LogP contribution in [0.3, 0.4) is 0 Å². The number of hydrogen-bond acceptors (Lipinski definition) is 4. The van der Waals surface area contributed by atoms with Crippen molar-refractivity contribution in [2.24, 2.45) is 0 Å². The normalized spacial score (nSPS) is 27.2. The van der Waals surface area contributed by atoms with E-state index in [1.807, 2.05) is 0 Å². The minimum Gasteiger partial charge on any atom is -0.303 e. The molecule has 0 radical (unpaired) electrons. The third kappa shape index (κ3) is 2.90.